The van der Waals surface area contributed by atoms with Crippen molar-refractivity contribution in [2.24, 2.45) is 0 Å². The van der Waals surface area contributed by atoms with Crippen LogP contribution in [-0.2, 0) is 0 Å². The van der Waals surface area contributed by atoms with Gasteiger partial charge >= 0.3 is 0 Å². The molecule has 0 amide bonds. The van der Waals surface area contributed by atoms with Crippen molar-refractivity contribution in [3.63, 3.8) is 0 Å². The third-order valence-corrected chi connectivity index (χ3v) is 6.03. The Kier molecular flexibility index (Phi) is 5.03. The van der Waals surface area contributed by atoms with Crippen molar-refractivity contribution >= 4 is 34.0 Å². The minimum Gasteiger partial charge on any atom is -0.494 e. The molecule has 3 N–H and O–H groups in total. The number of methoxy groups -OCH3 is 1. The maximum absolute atomic E-state index is 13.0. The number of hydrogen-bond acceptors (Lipinski definition) is 7. The molecule has 1 fully saturated rings. The third kappa shape index (κ3) is 3.47. The van der Waals surface area contributed by atoms with Gasteiger partial charge in [0.1, 0.15) is 0 Å². The monoisotopic (exact) mass is 453 g/mol. The minimum atomic E-state index is -0.527. The van der Waals surface area contributed by atoms with E-state index in [9.17, 15) is 15.0 Å². The summed E-state index contributed by atoms with van der Waals surface area (Å²) in [6.07, 6.45) is 0.461. The summed E-state index contributed by atoms with van der Waals surface area (Å²) >= 11 is 6.53. The van der Waals surface area contributed by atoms with E-state index in [4.69, 9.17) is 20.9 Å². The summed E-state index contributed by atoms with van der Waals surface area (Å²) < 4.78 is 10.0. The summed E-state index contributed by atoms with van der Waals surface area (Å²) in [5, 5.41) is 24.8. The highest BCUT2D eigenvalue weighted by atomic mass is 35.5. The molecule has 9 heteroatoms. The molecule has 1 unspecified atom stereocenters. The average molecular weight is 454 g/mol. The van der Waals surface area contributed by atoms with Crippen LogP contribution in [0, 0.1) is 0 Å². The fourth-order valence-electron chi connectivity index (χ4n) is 4.07. The number of aliphatic hydroxyl groups excluding tert-OH is 1. The normalized spacial score (nSPS) is 16.1. The van der Waals surface area contributed by atoms with Gasteiger partial charge in [0.2, 0.25) is 17.4 Å². The Morgan fingerprint density at radius 1 is 1.28 bits per heavy atom. The van der Waals surface area contributed by atoms with E-state index in [2.05, 4.69) is 15.0 Å². The molecule has 4 aromatic rings. The Bertz CT molecular complexity index is 1310. The predicted octanol–water partition coefficient (Wildman–Crippen LogP) is 3.99. The lowest BCUT2D eigenvalue weighted by Gasteiger charge is -2.18. The lowest BCUT2D eigenvalue weighted by molar-refractivity contribution is 0.0999. The number of H-pyrrole nitrogens is 1. The van der Waals surface area contributed by atoms with Crippen LogP contribution in [0.1, 0.15) is 22.5 Å². The van der Waals surface area contributed by atoms with Gasteiger partial charge in [-0.1, -0.05) is 23.7 Å². The average Bonchev–Trinajstić information content (AvgIpc) is 3.51. The summed E-state index contributed by atoms with van der Waals surface area (Å²) in [6.45, 7) is 1.43. The number of aliphatic hydroxyl groups is 1. The fourth-order valence-corrected chi connectivity index (χ4v) is 4.34. The first-order valence-electron chi connectivity index (χ1n) is 10.1. The van der Waals surface area contributed by atoms with Crippen LogP contribution in [0.2, 0.25) is 5.02 Å². The molecule has 5 rings (SSSR count). The number of rotatable bonds is 5. The largest absolute Gasteiger partial charge is 0.494 e. The van der Waals surface area contributed by atoms with Crippen LogP contribution < -0.4 is 9.64 Å². The van der Waals surface area contributed by atoms with Crippen LogP contribution in [0.3, 0.4) is 0 Å². The van der Waals surface area contributed by atoms with E-state index in [0.29, 0.717) is 22.5 Å². The van der Waals surface area contributed by atoms with Crippen LogP contribution >= 0.6 is 11.6 Å². The summed E-state index contributed by atoms with van der Waals surface area (Å²) in [5.74, 6) is -0.689. The molecule has 164 valence electrons. The Morgan fingerprint density at radius 3 is 2.72 bits per heavy atom. The van der Waals surface area contributed by atoms with Gasteiger partial charge in [-0.05, 0) is 41.4 Å². The third-order valence-electron chi connectivity index (χ3n) is 5.72. The second-order valence-corrected chi connectivity index (χ2v) is 8.13. The summed E-state index contributed by atoms with van der Waals surface area (Å²) in [6, 6.07) is 12.7. The number of benzene rings is 2. The fraction of sp³-hybridized carbons (Fsp3) is 0.217. The van der Waals surface area contributed by atoms with E-state index in [1.54, 1.807) is 12.1 Å². The maximum Gasteiger partial charge on any atom is 0.254 e. The number of aromatic amines is 1. The highest BCUT2D eigenvalue weighted by Gasteiger charge is 2.25. The molecule has 8 nitrogen and oxygen atoms in total. The molecule has 1 aliphatic rings. The van der Waals surface area contributed by atoms with E-state index in [-0.39, 0.29) is 29.2 Å². The van der Waals surface area contributed by atoms with Crippen LogP contribution in [-0.4, -0.2) is 52.4 Å². The number of halogens is 1. The van der Waals surface area contributed by atoms with Crippen LogP contribution in [0.25, 0.3) is 22.0 Å². The van der Waals surface area contributed by atoms with Crippen molar-refractivity contribution < 1.29 is 24.3 Å². The number of carbonyl (C=O) groups excluding carboxylic acids is 1. The Morgan fingerprint density at radius 2 is 2.06 bits per heavy atom. The number of aromatic nitrogens is 2. The molecule has 0 bridgehead atoms. The Labute approximate surface area is 188 Å². The molecule has 2 aromatic heterocycles. The second kappa shape index (κ2) is 7.89. The molecule has 32 heavy (non-hydrogen) atoms. The van der Waals surface area contributed by atoms with Crippen LogP contribution in [0.5, 0.6) is 11.8 Å². The zero-order chi connectivity index (χ0) is 22.4. The molecule has 0 radical (unpaired) electrons. The molecular formula is C23H20ClN3O5. The molecule has 0 saturated carbocycles. The molecule has 1 saturated heterocycles. The number of β-amino-alcohol motifs (C(OH)–C–C–N with tert-alkyl or cyclic N) is 1. The van der Waals surface area contributed by atoms with Crippen LogP contribution in [0.4, 0.5) is 5.69 Å². The molecule has 1 atom stereocenters. The summed E-state index contributed by atoms with van der Waals surface area (Å²) in [5.41, 5.74) is 3.20. The number of carbonyl (C=O) groups is 1. The summed E-state index contributed by atoms with van der Waals surface area (Å²) in [7, 11) is 1.42. The van der Waals surface area contributed by atoms with E-state index >= 15 is 0 Å². The van der Waals surface area contributed by atoms with Gasteiger partial charge in [0, 0.05) is 29.7 Å². The van der Waals surface area contributed by atoms with Crippen molar-refractivity contribution in [2.45, 2.75) is 12.5 Å². The standard InChI is InChI=1S/C23H20ClN3O5/c1-31-20-10-19(32-26-20)22(29)21-16-8-15(17(24)9-18(16)25-23(21)30)12-2-4-13(5-3-12)27-7-6-14(28)11-27/h2-5,8-10,14,25,28,30H,6-7,11H2,1H3. The number of ether oxygens (including phenoxy) is 1. The van der Waals surface area contributed by atoms with Crippen molar-refractivity contribution in [2.75, 3.05) is 25.1 Å². The Balaban J connectivity index is 1.54. The smallest absolute Gasteiger partial charge is 0.254 e. The van der Waals surface area contributed by atoms with Gasteiger partial charge in [-0.2, -0.15) is 0 Å². The van der Waals surface area contributed by atoms with Crippen molar-refractivity contribution in [1.29, 1.82) is 0 Å². The van der Waals surface area contributed by atoms with E-state index in [0.717, 1.165) is 29.8 Å². The molecule has 0 aliphatic carbocycles. The second-order valence-electron chi connectivity index (χ2n) is 7.72. The molecular weight excluding hydrogens is 434 g/mol. The molecule has 2 aromatic carbocycles. The maximum atomic E-state index is 13.0. The number of nitrogens with one attached hydrogen (secondary N) is 1. The quantitative estimate of drug-likeness (QED) is 0.391. The number of fused-ring (bicyclic) bond motifs is 1. The summed E-state index contributed by atoms with van der Waals surface area (Å²) in [4.78, 5) is 17.9. The number of aromatic hydroxyl groups is 1. The molecule has 0 spiro atoms. The topological polar surface area (TPSA) is 112 Å². The van der Waals surface area contributed by atoms with Gasteiger partial charge in [-0.15, -0.1) is 0 Å². The lowest BCUT2D eigenvalue weighted by Crippen LogP contribution is -2.20. The van der Waals surface area contributed by atoms with Gasteiger partial charge in [0.25, 0.3) is 5.88 Å². The predicted molar refractivity (Wildman–Crippen MR) is 120 cm³/mol. The van der Waals surface area contributed by atoms with E-state index in [1.807, 2.05) is 24.3 Å². The minimum absolute atomic E-state index is 0.0493. The van der Waals surface area contributed by atoms with Crippen molar-refractivity contribution in [3.05, 3.63) is 58.8 Å². The van der Waals surface area contributed by atoms with E-state index < -0.39 is 5.78 Å². The van der Waals surface area contributed by atoms with Gasteiger partial charge in [-0.3, -0.25) is 4.79 Å². The molecule has 3 heterocycles. The number of nitrogens with zero attached hydrogens (tertiary/aromatic N) is 2. The van der Waals surface area contributed by atoms with Crippen molar-refractivity contribution in [1.82, 2.24) is 10.1 Å². The van der Waals surface area contributed by atoms with Gasteiger partial charge in [0.15, 0.2) is 0 Å². The van der Waals surface area contributed by atoms with Gasteiger partial charge in [-0.25, -0.2) is 0 Å². The van der Waals surface area contributed by atoms with Gasteiger partial charge < -0.3 is 29.4 Å². The van der Waals surface area contributed by atoms with Gasteiger partial charge in [0.05, 0.1) is 35.4 Å². The number of anilines is 1. The number of hydrogen-bond donors (Lipinski definition) is 3. The SMILES string of the molecule is COc1cc(C(=O)c2c(O)[nH]c3cc(Cl)c(-c4ccc(N5CCC(O)C5)cc4)cc23)on1. The van der Waals surface area contributed by atoms with Crippen LogP contribution in [0.15, 0.2) is 47.0 Å². The zero-order valence-corrected chi connectivity index (χ0v) is 17.9. The first-order valence-corrected chi connectivity index (χ1v) is 10.5. The van der Waals surface area contributed by atoms with E-state index in [1.165, 1.54) is 13.2 Å². The zero-order valence-electron chi connectivity index (χ0n) is 17.1. The van der Waals surface area contributed by atoms with Crippen molar-refractivity contribution in [3.8, 4) is 22.9 Å². The first kappa shape index (κ1) is 20.4. The number of ketones is 1. The molecule has 1 aliphatic heterocycles. The highest BCUT2D eigenvalue weighted by molar-refractivity contribution is 6.34. The first-order chi connectivity index (χ1) is 15.4. The highest BCUT2D eigenvalue weighted by Crippen LogP contribution is 2.38. The Hall–Kier alpha value is -3.49. The lowest BCUT2D eigenvalue weighted by atomic mass is 10.00.